The van der Waals surface area contributed by atoms with E-state index in [1.54, 1.807) is 0 Å². The van der Waals surface area contributed by atoms with Crippen LogP contribution in [-0.2, 0) is 12.7 Å². The van der Waals surface area contributed by atoms with Gasteiger partial charge in [0.1, 0.15) is 19.5 Å². The fraction of sp³-hybridized carbons (Fsp3) is 1.00. The van der Waals surface area contributed by atoms with Crippen molar-refractivity contribution in [2.75, 3.05) is 6.61 Å². The standard InChI is InChI=1S/C12H38O3Si6/c1-9-13-16-11-20(5,6)15-18-12-21(7,8)14-17-10-19(2,3)4/h9-12,16-18H2,1-8H3. The van der Waals surface area contributed by atoms with Gasteiger partial charge in [0, 0.05) is 14.7 Å². The Morgan fingerprint density at radius 2 is 1.10 bits per heavy atom. The lowest BCUT2D eigenvalue weighted by atomic mass is 10.9. The van der Waals surface area contributed by atoms with E-state index in [0.29, 0.717) is 0 Å². The topological polar surface area (TPSA) is 27.7 Å². The molecule has 0 saturated carbocycles. The first-order chi connectivity index (χ1) is 9.47. The molecule has 9 heteroatoms. The molecule has 0 spiro atoms. The van der Waals surface area contributed by atoms with E-state index in [1.165, 1.54) is 17.0 Å². The first kappa shape index (κ1) is 22.2. The summed E-state index contributed by atoms with van der Waals surface area (Å²) in [6.07, 6.45) is 0. The van der Waals surface area contributed by atoms with Crippen molar-refractivity contribution in [1.82, 2.24) is 0 Å². The Morgan fingerprint density at radius 3 is 1.52 bits per heavy atom. The van der Waals surface area contributed by atoms with Crippen molar-refractivity contribution in [2.45, 2.75) is 69.8 Å². The molecule has 128 valence electrons. The van der Waals surface area contributed by atoms with E-state index in [1.807, 2.05) is 0 Å². The molecule has 0 saturated heterocycles. The molecule has 0 aliphatic carbocycles. The molecular weight excluding hydrogens is 361 g/mol. The highest BCUT2D eigenvalue weighted by molar-refractivity contribution is 6.87. The van der Waals surface area contributed by atoms with Gasteiger partial charge in [-0.15, -0.1) is 0 Å². The SMILES string of the molecule is CCO[SiH2]C[Si](C)(C)O[SiH2]C[Si](C)(C)O[SiH2]C[Si](C)(C)C. The normalized spacial score (nSPS) is 15.4. The highest BCUT2D eigenvalue weighted by Gasteiger charge is 2.27. The van der Waals surface area contributed by atoms with Crippen LogP contribution in [0.2, 0.25) is 62.8 Å². The summed E-state index contributed by atoms with van der Waals surface area (Å²) in [7, 11) is -4.75. The minimum absolute atomic E-state index is 0.287. The summed E-state index contributed by atoms with van der Waals surface area (Å²) in [6, 6.07) is 0. The molecule has 0 bridgehead atoms. The van der Waals surface area contributed by atoms with Crippen molar-refractivity contribution in [2.24, 2.45) is 0 Å². The number of hydrogen-bond donors (Lipinski definition) is 0. The van der Waals surface area contributed by atoms with Crippen molar-refractivity contribution in [3.05, 3.63) is 0 Å². The van der Waals surface area contributed by atoms with E-state index < -0.39 is 34.5 Å². The highest BCUT2D eigenvalue weighted by Crippen LogP contribution is 2.16. The maximum atomic E-state index is 6.39. The van der Waals surface area contributed by atoms with Gasteiger partial charge in [0.15, 0.2) is 26.4 Å². The van der Waals surface area contributed by atoms with Gasteiger partial charge < -0.3 is 12.7 Å². The largest absolute Gasteiger partial charge is 0.461 e. The van der Waals surface area contributed by atoms with Gasteiger partial charge in [-0.2, -0.15) is 0 Å². The third kappa shape index (κ3) is 14.5. The van der Waals surface area contributed by atoms with Crippen LogP contribution in [0, 0.1) is 0 Å². The maximum Gasteiger partial charge on any atom is 0.171 e. The van der Waals surface area contributed by atoms with Crippen LogP contribution in [0.25, 0.3) is 0 Å². The van der Waals surface area contributed by atoms with Crippen LogP contribution < -0.4 is 0 Å². The Labute approximate surface area is 143 Å². The molecule has 0 aromatic heterocycles. The molecular formula is C12H38O3Si6. The fourth-order valence-electron chi connectivity index (χ4n) is 1.81. The molecule has 0 heterocycles. The second-order valence-corrected chi connectivity index (χ2v) is 30.3. The van der Waals surface area contributed by atoms with Gasteiger partial charge in [0.2, 0.25) is 0 Å². The summed E-state index contributed by atoms with van der Waals surface area (Å²) in [6.45, 7) is 19.8. The van der Waals surface area contributed by atoms with Crippen LogP contribution in [-0.4, -0.2) is 60.6 Å². The van der Waals surface area contributed by atoms with Gasteiger partial charge in [-0.3, -0.25) is 0 Å². The summed E-state index contributed by atoms with van der Waals surface area (Å²) in [5.74, 6) is 0. The molecule has 0 aromatic carbocycles. The van der Waals surface area contributed by atoms with Crippen LogP contribution in [0.4, 0.5) is 0 Å². The molecule has 0 rings (SSSR count). The lowest BCUT2D eigenvalue weighted by Crippen LogP contribution is -2.40. The Bertz CT molecular complexity index is 281. The van der Waals surface area contributed by atoms with Crippen LogP contribution in [0.5, 0.6) is 0 Å². The molecule has 0 fully saturated rings. The Hall–Kier alpha value is 1.18. The smallest absolute Gasteiger partial charge is 0.171 e. The summed E-state index contributed by atoms with van der Waals surface area (Å²) in [5, 5.41) is 0. The molecule has 21 heavy (non-hydrogen) atoms. The predicted octanol–water partition coefficient (Wildman–Crippen LogP) is 1.93. The summed E-state index contributed by atoms with van der Waals surface area (Å²) in [5.41, 5.74) is 3.98. The molecule has 0 radical (unpaired) electrons. The van der Waals surface area contributed by atoms with Gasteiger partial charge in [0.25, 0.3) is 0 Å². The van der Waals surface area contributed by atoms with E-state index in [2.05, 4.69) is 52.8 Å². The van der Waals surface area contributed by atoms with Gasteiger partial charge >= 0.3 is 0 Å². The lowest BCUT2D eigenvalue weighted by Gasteiger charge is -2.28. The fourth-order valence-corrected chi connectivity index (χ4v) is 19.9. The summed E-state index contributed by atoms with van der Waals surface area (Å²) >= 11 is 0. The molecule has 0 aromatic rings. The van der Waals surface area contributed by atoms with Crippen molar-refractivity contribution in [1.29, 1.82) is 0 Å². The highest BCUT2D eigenvalue weighted by atomic mass is 28.4. The van der Waals surface area contributed by atoms with Crippen LogP contribution in [0.3, 0.4) is 0 Å². The van der Waals surface area contributed by atoms with E-state index >= 15 is 0 Å². The number of rotatable bonds is 12. The second-order valence-electron chi connectivity index (χ2n) is 8.22. The van der Waals surface area contributed by atoms with Crippen molar-refractivity contribution in [3.63, 3.8) is 0 Å². The molecule has 0 amide bonds. The van der Waals surface area contributed by atoms with E-state index in [0.717, 1.165) is 6.61 Å². The Morgan fingerprint density at radius 1 is 0.667 bits per heavy atom. The van der Waals surface area contributed by atoms with E-state index in [-0.39, 0.29) is 19.5 Å². The first-order valence-electron chi connectivity index (χ1n) is 8.33. The van der Waals surface area contributed by atoms with Crippen LogP contribution in [0.15, 0.2) is 0 Å². The van der Waals surface area contributed by atoms with Gasteiger partial charge in [0.05, 0.1) is 0 Å². The molecule has 0 unspecified atom stereocenters. The quantitative estimate of drug-likeness (QED) is 0.371. The van der Waals surface area contributed by atoms with Crippen molar-refractivity contribution < 1.29 is 12.7 Å². The third-order valence-electron chi connectivity index (χ3n) is 3.59. The Kier molecular flexibility index (Phi) is 10.7. The molecule has 3 nitrogen and oxygen atoms in total. The average molecular weight is 399 g/mol. The zero-order valence-corrected chi connectivity index (χ0v) is 22.9. The minimum Gasteiger partial charge on any atom is -0.461 e. The predicted molar refractivity (Wildman–Crippen MR) is 112 cm³/mol. The van der Waals surface area contributed by atoms with Crippen LogP contribution >= 0.6 is 0 Å². The Balaban J connectivity index is 3.91. The second kappa shape index (κ2) is 10.1. The molecule has 0 aliphatic heterocycles. The zero-order chi connectivity index (χ0) is 16.6. The maximum absolute atomic E-state index is 6.39. The van der Waals surface area contributed by atoms with Crippen molar-refractivity contribution in [3.8, 4) is 0 Å². The molecule has 0 aliphatic rings. The molecule has 0 N–H and O–H groups in total. The molecule has 0 atom stereocenters. The monoisotopic (exact) mass is 398 g/mol. The van der Waals surface area contributed by atoms with Gasteiger partial charge in [-0.1, -0.05) is 19.6 Å². The van der Waals surface area contributed by atoms with E-state index in [4.69, 9.17) is 12.7 Å². The minimum atomic E-state index is -1.42. The summed E-state index contributed by atoms with van der Waals surface area (Å²) < 4.78 is 18.4. The lowest BCUT2D eigenvalue weighted by molar-refractivity contribution is 0.361. The van der Waals surface area contributed by atoms with Gasteiger partial charge in [-0.05, 0) is 50.1 Å². The third-order valence-corrected chi connectivity index (χ3v) is 30.3. The summed E-state index contributed by atoms with van der Waals surface area (Å²) in [4.78, 5) is 0. The first-order valence-corrected chi connectivity index (χ1v) is 23.0. The van der Waals surface area contributed by atoms with E-state index in [9.17, 15) is 0 Å². The van der Waals surface area contributed by atoms with Crippen molar-refractivity contribution >= 4 is 54.0 Å². The number of hydrogen-bond acceptors (Lipinski definition) is 3. The average Bonchev–Trinajstić information content (AvgIpc) is 2.26. The van der Waals surface area contributed by atoms with Gasteiger partial charge in [-0.25, -0.2) is 0 Å². The van der Waals surface area contributed by atoms with Crippen LogP contribution in [0.1, 0.15) is 6.92 Å². The zero-order valence-electron chi connectivity index (χ0n) is 15.7.